The van der Waals surface area contributed by atoms with Gasteiger partial charge in [0, 0.05) is 5.69 Å². The van der Waals surface area contributed by atoms with Gasteiger partial charge in [0.15, 0.2) is 0 Å². The third kappa shape index (κ3) is 5.52. The van der Waals surface area contributed by atoms with Crippen molar-refractivity contribution in [1.29, 1.82) is 5.26 Å². The SMILES string of the molecule is N#Cc1cc(NC(=O)OCc2ccccc2)ccc1Oc1ccc(C(F)(F)F)cc1. The minimum Gasteiger partial charge on any atom is -0.456 e. The summed E-state index contributed by atoms with van der Waals surface area (Å²) in [5.74, 6) is 0.281. The normalized spacial score (nSPS) is 10.7. The monoisotopic (exact) mass is 412 g/mol. The number of nitrogens with zero attached hydrogens (tertiary/aromatic N) is 1. The molecule has 5 nitrogen and oxygen atoms in total. The van der Waals surface area contributed by atoms with E-state index in [4.69, 9.17) is 9.47 Å². The van der Waals surface area contributed by atoms with E-state index < -0.39 is 17.8 Å². The van der Waals surface area contributed by atoms with Crippen molar-refractivity contribution < 1.29 is 27.4 Å². The Morgan fingerprint density at radius 3 is 2.33 bits per heavy atom. The summed E-state index contributed by atoms with van der Waals surface area (Å²) in [6.45, 7) is 0.0902. The Morgan fingerprint density at radius 2 is 1.70 bits per heavy atom. The zero-order chi connectivity index (χ0) is 21.6. The van der Waals surface area contributed by atoms with Crippen LogP contribution < -0.4 is 10.1 Å². The molecule has 3 aromatic rings. The van der Waals surface area contributed by atoms with Gasteiger partial charge in [-0.2, -0.15) is 18.4 Å². The second-order valence-corrected chi connectivity index (χ2v) is 6.13. The van der Waals surface area contributed by atoms with Crippen molar-refractivity contribution in [3.05, 3.63) is 89.5 Å². The molecule has 0 saturated carbocycles. The van der Waals surface area contributed by atoms with Gasteiger partial charge in [-0.15, -0.1) is 0 Å². The van der Waals surface area contributed by atoms with Gasteiger partial charge in [-0.05, 0) is 48.0 Å². The molecule has 0 heterocycles. The zero-order valence-corrected chi connectivity index (χ0v) is 15.4. The third-order valence-corrected chi connectivity index (χ3v) is 3.97. The number of benzene rings is 3. The van der Waals surface area contributed by atoms with E-state index >= 15 is 0 Å². The predicted octanol–water partition coefficient (Wildman–Crippen LogP) is 6.12. The summed E-state index contributed by atoms with van der Waals surface area (Å²) >= 11 is 0. The number of hydrogen-bond acceptors (Lipinski definition) is 4. The molecule has 0 unspecified atom stereocenters. The summed E-state index contributed by atoms with van der Waals surface area (Å²) in [4.78, 5) is 11.9. The number of halogens is 3. The Morgan fingerprint density at radius 1 is 1.00 bits per heavy atom. The van der Waals surface area contributed by atoms with E-state index in [2.05, 4.69) is 5.32 Å². The van der Waals surface area contributed by atoms with E-state index in [1.165, 1.54) is 18.2 Å². The summed E-state index contributed by atoms with van der Waals surface area (Å²) in [5.41, 5.74) is 0.426. The average Bonchev–Trinajstić information content (AvgIpc) is 2.74. The van der Waals surface area contributed by atoms with Crippen LogP contribution in [0.25, 0.3) is 0 Å². The first kappa shape index (κ1) is 20.7. The van der Waals surface area contributed by atoms with Crippen LogP contribution in [0.15, 0.2) is 72.8 Å². The molecule has 0 aromatic heterocycles. The van der Waals surface area contributed by atoms with Crippen molar-refractivity contribution in [2.75, 3.05) is 5.32 Å². The zero-order valence-electron chi connectivity index (χ0n) is 15.4. The van der Waals surface area contributed by atoms with Crippen molar-refractivity contribution in [2.24, 2.45) is 0 Å². The molecule has 8 heteroatoms. The van der Waals surface area contributed by atoms with Crippen LogP contribution in [0.5, 0.6) is 11.5 Å². The summed E-state index contributed by atoms with van der Waals surface area (Å²) in [5, 5.41) is 11.8. The first-order valence-corrected chi connectivity index (χ1v) is 8.72. The number of ether oxygens (including phenoxy) is 2. The maximum absolute atomic E-state index is 12.6. The van der Waals surface area contributed by atoms with Crippen LogP contribution >= 0.6 is 0 Å². The minimum atomic E-state index is -4.45. The van der Waals surface area contributed by atoms with Crippen LogP contribution in [0.3, 0.4) is 0 Å². The van der Waals surface area contributed by atoms with Gasteiger partial charge in [0.1, 0.15) is 24.2 Å². The van der Waals surface area contributed by atoms with Crippen molar-refractivity contribution in [1.82, 2.24) is 0 Å². The van der Waals surface area contributed by atoms with Crippen molar-refractivity contribution >= 4 is 11.8 Å². The number of amides is 1. The number of hydrogen-bond donors (Lipinski definition) is 1. The molecular weight excluding hydrogens is 397 g/mol. The number of alkyl halides is 3. The van der Waals surface area contributed by atoms with Crippen molar-refractivity contribution in [3.63, 3.8) is 0 Å². The van der Waals surface area contributed by atoms with E-state index in [0.717, 1.165) is 29.8 Å². The van der Waals surface area contributed by atoms with Gasteiger partial charge in [-0.3, -0.25) is 5.32 Å². The first-order chi connectivity index (χ1) is 14.3. The van der Waals surface area contributed by atoms with Crippen LogP contribution in [-0.4, -0.2) is 6.09 Å². The lowest BCUT2D eigenvalue weighted by Gasteiger charge is -2.11. The van der Waals surface area contributed by atoms with Crippen LogP contribution in [-0.2, 0) is 17.5 Å². The molecule has 3 aromatic carbocycles. The first-order valence-electron chi connectivity index (χ1n) is 8.72. The van der Waals surface area contributed by atoms with E-state index in [9.17, 15) is 23.2 Å². The molecule has 0 aliphatic heterocycles. The van der Waals surface area contributed by atoms with Gasteiger partial charge in [-0.1, -0.05) is 30.3 Å². The molecule has 0 atom stereocenters. The van der Waals surface area contributed by atoms with Gasteiger partial charge < -0.3 is 9.47 Å². The number of anilines is 1. The molecule has 0 fully saturated rings. The molecule has 0 bridgehead atoms. The number of nitrogens with one attached hydrogen (secondary N) is 1. The molecule has 30 heavy (non-hydrogen) atoms. The number of carbonyl (C=O) groups is 1. The van der Waals surface area contributed by atoms with Gasteiger partial charge >= 0.3 is 12.3 Å². The fourth-order valence-corrected chi connectivity index (χ4v) is 2.50. The third-order valence-electron chi connectivity index (χ3n) is 3.97. The standard InChI is InChI=1S/C22H15F3N2O3/c23-22(24,25)17-6-9-19(10-7-17)30-20-11-8-18(12-16(20)13-26)27-21(28)29-14-15-4-2-1-3-5-15/h1-12H,14H2,(H,27,28). The van der Waals surface area contributed by atoms with E-state index in [1.54, 1.807) is 0 Å². The highest BCUT2D eigenvalue weighted by atomic mass is 19.4. The molecule has 0 radical (unpaired) electrons. The largest absolute Gasteiger partial charge is 0.456 e. The van der Waals surface area contributed by atoms with Crippen LogP contribution in [0.2, 0.25) is 0 Å². The Bertz CT molecular complexity index is 1060. The molecule has 0 saturated heterocycles. The highest BCUT2D eigenvalue weighted by Gasteiger charge is 2.30. The van der Waals surface area contributed by atoms with Crippen molar-refractivity contribution in [3.8, 4) is 17.6 Å². The molecular formula is C22H15F3N2O3. The van der Waals surface area contributed by atoms with Gasteiger partial charge in [0.05, 0.1) is 11.1 Å². The average molecular weight is 412 g/mol. The molecule has 3 rings (SSSR count). The predicted molar refractivity (Wildman–Crippen MR) is 103 cm³/mol. The highest BCUT2D eigenvalue weighted by Crippen LogP contribution is 2.32. The molecule has 0 aliphatic rings. The summed E-state index contributed by atoms with van der Waals surface area (Å²) in [6, 6.07) is 19.5. The smallest absolute Gasteiger partial charge is 0.416 e. The second kappa shape index (κ2) is 9.01. The fourth-order valence-electron chi connectivity index (χ4n) is 2.50. The number of carbonyl (C=O) groups excluding carboxylic acids is 1. The van der Waals surface area contributed by atoms with Crippen molar-refractivity contribution in [2.45, 2.75) is 12.8 Å². The lowest BCUT2D eigenvalue weighted by molar-refractivity contribution is -0.137. The lowest BCUT2D eigenvalue weighted by Crippen LogP contribution is -2.13. The van der Waals surface area contributed by atoms with Crippen LogP contribution in [0, 0.1) is 11.3 Å². The minimum absolute atomic E-state index is 0.0902. The maximum atomic E-state index is 12.6. The Labute approximate surface area is 170 Å². The van der Waals surface area contributed by atoms with Crippen LogP contribution in [0.4, 0.5) is 23.7 Å². The van der Waals surface area contributed by atoms with Crippen LogP contribution in [0.1, 0.15) is 16.7 Å². The van der Waals surface area contributed by atoms with E-state index in [1.807, 2.05) is 36.4 Å². The molecule has 0 spiro atoms. The Kier molecular flexibility index (Phi) is 6.23. The van der Waals surface area contributed by atoms with Gasteiger partial charge in [0.25, 0.3) is 0 Å². The Hall–Kier alpha value is -3.99. The highest BCUT2D eigenvalue weighted by molar-refractivity contribution is 5.85. The summed E-state index contributed by atoms with van der Waals surface area (Å²) in [6.07, 6.45) is -5.14. The van der Waals surface area contributed by atoms with Gasteiger partial charge in [-0.25, -0.2) is 4.79 Å². The van der Waals surface area contributed by atoms with E-state index in [0.29, 0.717) is 5.69 Å². The number of rotatable bonds is 5. The fraction of sp³-hybridized carbons (Fsp3) is 0.0909. The topological polar surface area (TPSA) is 71.4 Å². The molecule has 152 valence electrons. The quantitative estimate of drug-likeness (QED) is 0.548. The molecule has 1 N–H and O–H groups in total. The Balaban J connectivity index is 1.64. The molecule has 0 aliphatic carbocycles. The lowest BCUT2D eigenvalue weighted by atomic mass is 10.2. The van der Waals surface area contributed by atoms with Gasteiger partial charge in [0.2, 0.25) is 0 Å². The maximum Gasteiger partial charge on any atom is 0.416 e. The molecule has 1 amide bonds. The van der Waals surface area contributed by atoms with E-state index in [-0.39, 0.29) is 23.7 Å². The summed E-state index contributed by atoms with van der Waals surface area (Å²) < 4.78 is 48.5. The number of nitriles is 1. The second-order valence-electron chi connectivity index (χ2n) is 6.13. The summed E-state index contributed by atoms with van der Waals surface area (Å²) in [7, 11) is 0.